The normalized spacial score (nSPS) is 14.1. The van der Waals surface area contributed by atoms with Gasteiger partial charge in [0.15, 0.2) is 0 Å². The minimum atomic E-state index is -1.12. The van der Waals surface area contributed by atoms with Crippen molar-refractivity contribution in [3.05, 3.63) is 0 Å². The molecule has 3 amide bonds. The van der Waals surface area contributed by atoms with Crippen molar-refractivity contribution in [3.8, 4) is 0 Å². The van der Waals surface area contributed by atoms with Gasteiger partial charge in [-0.25, -0.2) is 4.79 Å². The number of thioether (sulfide) groups is 1. The van der Waals surface area contributed by atoms with Gasteiger partial charge in [-0.2, -0.15) is 11.8 Å². The summed E-state index contributed by atoms with van der Waals surface area (Å²) in [6.45, 7) is 2.87. The molecule has 6 N–H and O–H groups in total. The Morgan fingerprint density at radius 2 is 1.72 bits per heavy atom. The molecule has 0 bridgehead atoms. The molecule has 10 heteroatoms. The minimum absolute atomic E-state index is 0.237. The summed E-state index contributed by atoms with van der Waals surface area (Å²) in [7, 11) is 0. The highest BCUT2D eigenvalue weighted by Crippen LogP contribution is 2.07. The van der Waals surface area contributed by atoms with Crippen LogP contribution in [-0.4, -0.2) is 66.0 Å². The molecule has 9 nitrogen and oxygen atoms in total. The molecule has 0 aliphatic carbocycles. The lowest BCUT2D eigenvalue weighted by Crippen LogP contribution is -2.50. The smallest absolute Gasteiger partial charge is 0.326 e. The van der Waals surface area contributed by atoms with Crippen LogP contribution in [0.2, 0.25) is 0 Å². The predicted molar refractivity (Wildman–Crippen MR) is 96.0 cm³/mol. The number of rotatable bonds is 12. The van der Waals surface area contributed by atoms with Crippen molar-refractivity contribution in [1.29, 1.82) is 0 Å². The van der Waals surface area contributed by atoms with Crippen molar-refractivity contribution in [2.75, 3.05) is 25.1 Å². The fourth-order valence-electron chi connectivity index (χ4n) is 1.82. The highest BCUT2D eigenvalue weighted by atomic mass is 32.2. The van der Waals surface area contributed by atoms with E-state index in [4.69, 9.17) is 10.8 Å². The van der Waals surface area contributed by atoms with Crippen molar-refractivity contribution >= 4 is 35.5 Å². The lowest BCUT2D eigenvalue weighted by molar-refractivity contribution is -0.143. The molecule has 0 fully saturated rings. The number of hydrogen-bond acceptors (Lipinski definition) is 6. The summed E-state index contributed by atoms with van der Waals surface area (Å²) in [6.07, 6.45) is 2.99. The van der Waals surface area contributed by atoms with Gasteiger partial charge in [-0.15, -0.1) is 0 Å². The van der Waals surface area contributed by atoms with Gasteiger partial charge in [0.05, 0.1) is 19.1 Å². The standard InChI is InChI=1S/C15H28N4O5S/c1-4-9(2)13(15(23)24)19-12(21)8-17-11(20)7-18-14(22)10(16)5-6-25-3/h9-10,13H,4-8,16H2,1-3H3,(H,17,20)(H,18,22)(H,19,21)(H,23,24). The molecule has 0 saturated heterocycles. The molecular formula is C15H28N4O5S. The third-order valence-corrected chi connectivity index (χ3v) is 4.28. The average molecular weight is 376 g/mol. The Bertz CT molecular complexity index is 475. The Labute approximate surface area is 151 Å². The molecular weight excluding hydrogens is 348 g/mol. The lowest BCUT2D eigenvalue weighted by Gasteiger charge is -2.20. The van der Waals surface area contributed by atoms with Crippen LogP contribution in [0.5, 0.6) is 0 Å². The molecule has 0 radical (unpaired) electrons. The van der Waals surface area contributed by atoms with E-state index in [0.29, 0.717) is 12.8 Å². The number of carboxylic acids is 1. The van der Waals surface area contributed by atoms with Crippen molar-refractivity contribution in [1.82, 2.24) is 16.0 Å². The van der Waals surface area contributed by atoms with E-state index >= 15 is 0 Å². The summed E-state index contributed by atoms with van der Waals surface area (Å²) in [5, 5.41) is 16.2. The molecule has 0 aromatic heterocycles. The summed E-state index contributed by atoms with van der Waals surface area (Å²) >= 11 is 1.57. The summed E-state index contributed by atoms with van der Waals surface area (Å²) in [6, 6.07) is -1.70. The largest absolute Gasteiger partial charge is 0.480 e. The van der Waals surface area contributed by atoms with Crippen molar-refractivity contribution in [2.45, 2.75) is 38.8 Å². The molecule has 3 unspecified atom stereocenters. The monoisotopic (exact) mass is 376 g/mol. The topological polar surface area (TPSA) is 151 Å². The molecule has 144 valence electrons. The molecule has 25 heavy (non-hydrogen) atoms. The summed E-state index contributed by atoms with van der Waals surface area (Å²) < 4.78 is 0. The quantitative estimate of drug-likeness (QED) is 0.290. The van der Waals surface area contributed by atoms with Crippen LogP contribution in [0.3, 0.4) is 0 Å². The second kappa shape index (κ2) is 12.5. The van der Waals surface area contributed by atoms with Gasteiger partial charge in [0.2, 0.25) is 17.7 Å². The SMILES string of the molecule is CCC(C)C(NC(=O)CNC(=O)CNC(=O)C(N)CCSC)C(=O)O. The van der Waals surface area contributed by atoms with E-state index in [2.05, 4.69) is 16.0 Å². The first-order valence-corrected chi connectivity index (χ1v) is 9.43. The van der Waals surface area contributed by atoms with Crippen LogP contribution in [0.4, 0.5) is 0 Å². The first-order chi connectivity index (χ1) is 11.7. The number of carbonyl (C=O) groups excluding carboxylic acids is 3. The maximum Gasteiger partial charge on any atom is 0.326 e. The fraction of sp³-hybridized carbons (Fsp3) is 0.733. The van der Waals surface area contributed by atoms with E-state index in [1.54, 1.807) is 18.7 Å². The van der Waals surface area contributed by atoms with E-state index in [-0.39, 0.29) is 19.0 Å². The second-order valence-electron chi connectivity index (χ2n) is 5.65. The van der Waals surface area contributed by atoms with E-state index in [9.17, 15) is 19.2 Å². The number of aliphatic carboxylic acids is 1. The van der Waals surface area contributed by atoms with Crippen molar-refractivity contribution in [2.24, 2.45) is 11.7 Å². The zero-order valence-corrected chi connectivity index (χ0v) is 15.6. The Balaban J connectivity index is 4.18. The van der Waals surface area contributed by atoms with Crippen LogP contribution in [0.1, 0.15) is 26.7 Å². The second-order valence-corrected chi connectivity index (χ2v) is 6.64. The third kappa shape index (κ3) is 9.92. The van der Waals surface area contributed by atoms with Gasteiger partial charge in [0, 0.05) is 0 Å². The first kappa shape index (κ1) is 23.2. The van der Waals surface area contributed by atoms with Gasteiger partial charge in [-0.05, 0) is 24.3 Å². The maximum atomic E-state index is 11.7. The number of nitrogens with two attached hydrogens (primary N) is 1. The van der Waals surface area contributed by atoms with Gasteiger partial charge < -0.3 is 26.8 Å². The average Bonchev–Trinajstić information content (AvgIpc) is 2.59. The summed E-state index contributed by atoms with van der Waals surface area (Å²) in [5.74, 6) is -2.22. The predicted octanol–water partition coefficient (Wildman–Crippen LogP) is -1.09. The van der Waals surface area contributed by atoms with Crippen molar-refractivity contribution < 1.29 is 24.3 Å². The molecule has 0 aliphatic heterocycles. The lowest BCUT2D eigenvalue weighted by atomic mass is 9.99. The number of nitrogens with one attached hydrogen (secondary N) is 3. The Hall–Kier alpha value is -1.81. The van der Waals surface area contributed by atoms with Gasteiger partial charge in [-0.1, -0.05) is 20.3 Å². The van der Waals surface area contributed by atoms with E-state index in [1.165, 1.54) is 0 Å². The van der Waals surface area contributed by atoms with Gasteiger partial charge >= 0.3 is 5.97 Å². The number of carboxylic acid groups (broad SMARTS) is 1. The maximum absolute atomic E-state index is 11.7. The van der Waals surface area contributed by atoms with Crippen LogP contribution in [-0.2, 0) is 19.2 Å². The number of amides is 3. The van der Waals surface area contributed by atoms with Crippen LogP contribution in [0, 0.1) is 5.92 Å². The first-order valence-electron chi connectivity index (χ1n) is 8.03. The molecule has 0 rings (SSSR count). The Morgan fingerprint density at radius 3 is 2.24 bits per heavy atom. The fourth-order valence-corrected chi connectivity index (χ4v) is 2.31. The minimum Gasteiger partial charge on any atom is -0.480 e. The van der Waals surface area contributed by atoms with Gasteiger partial charge in [0.1, 0.15) is 6.04 Å². The zero-order chi connectivity index (χ0) is 19.4. The Kier molecular flexibility index (Phi) is 11.6. The van der Waals surface area contributed by atoms with E-state index in [1.807, 2.05) is 13.2 Å². The highest BCUT2D eigenvalue weighted by Gasteiger charge is 2.25. The number of hydrogen-bond donors (Lipinski definition) is 5. The molecule has 0 heterocycles. The summed E-state index contributed by atoms with van der Waals surface area (Å²) in [5.41, 5.74) is 5.66. The van der Waals surface area contributed by atoms with E-state index < -0.39 is 35.8 Å². The van der Waals surface area contributed by atoms with Crippen LogP contribution in [0.25, 0.3) is 0 Å². The third-order valence-electron chi connectivity index (χ3n) is 3.63. The number of carbonyl (C=O) groups is 4. The Morgan fingerprint density at radius 1 is 1.12 bits per heavy atom. The molecule has 0 aromatic carbocycles. The molecule has 0 aliphatic rings. The van der Waals surface area contributed by atoms with Crippen LogP contribution in [0.15, 0.2) is 0 Å². The zero-order valence-electron chi connectivity index (χ0n) is 14.8. The summed E-state index contributed by atoms with van der Waals surface area (Å²) in [4.78, 5) is 46.2. The van der Waals surface area contributed by atoms with E-state index in [0.717, 1.165) is 5.75 Å². The van der Waals surface area contributed by atoms with Crippen molar-refractivity contribution in [3.63, 3.8) is 0 Å². The van der Waals surface area contributed by atoms with Crippen LogP contribution >= 0.6 is 11.8 Å². The molecule has 0 saturated carbocycles. The van der Waals surface area contributed by atoms with Gasteiger partial charge in [0.25, 0.3) is 0 Å². The molecule has 0 spiro atoms. The molecule has 3 atom stereocenters. The van der Waals surface area contributed by atoms with Crippen LogP contribution < -0.4 is 21.7 Å². The van der Waals surface area contributed by atoms with Gasteiger partial charge in [-0.3, -0.25) is 14.4 Å². The highest BCUT2D eigenvalue weighted by molar-refractivity contribution is 7.98. The molecule has 0 aromatic rings.